The fourth-order valence-corrected chi connectivity index (χ4v) is 5.57. The minimum Gasteiger partial charge on any atom is -0.497 e. The van der Waals surface area contributed by atoms with Gasteiger partial charge in [-0.2, -0.15) is 4.72 Å². The second kappa shape index (κ2) is 9.45. The van der Waals surface area contributed by atoms with Gasteiger partial charge in [0, 0.05) is 32.2 Å². The Kier molecular flexibility index (Phi) is 7.19. The van der Waals surface area contributed by atoms with Crippen LogP contribution in [0.5, 0.6) is 5.75 Å². The second-order valence-corrected chi connectivity index (χ2v) is 10.0. The van der Waals surface area contributed by atoms with Crippen LogP contribution in [-0.4, -0.2) is 69.5 Å². The molecule has 1 aliphatic carbocycles. The Bertz CT molecular complexity index is 781. The van der Waals surface area contributed by atoms with Crippen LogP contribution in [-0.2, 0) is 14.8 Å². The van der Waals surface area contributed by atoms with E-state index in [2.05, 4.69) is 9.62 Å². The Balaban J connectivity index is 1.64. The molecule has 0 bridgehead atoms. The SMILES string of the molecule is COc1ccc(S(=O)(=O)N[C@H](C(=O)N2CCN(C3CCCC3)CC2)C(C)C)cc1. The van der Waals surface area contributed by atoms with Crippen molar-refractivity contribution in [2.45, 2.75) is 56.5 Å². The lowest BCUT2D eigenvalue weighted by atomic mass is 10.0. The Labute approximate surface area is 174 Å². The number of carbonyl (C=O) groups is 1. The van der Waals surface area contributed by atoms with Crippen molar-refractivity contribution in [2.75, 3.05) is 33.3 Å². The Hall–Kier alpha value is -1.64. The normalized spacial score (nSPS) is 20.2. The summed E-state index contributed by atoms with van der Waals surface area (Å²) in [5.41, 5.74) is 0. The van der Waals surface area contributed by atoms with Gasteiger partial charge in [0.05, 0.1) is 12.0 Å². The number of rotatable bonds is 7. The fourth-order valence-electron chi connectivity index (χ4n) is 4.24. The first kappa shape index (κ1) is 22.1. The lowest BCUT2D eigenvalue weighted by Crippen LogP contribution is -2.57. The standard InChI is InChI=1S/C21H33N3O4S/c1-16(2)20(22-29(26,27)19-10-8-18(28-3)9-11-19)21(25)24-14-12-23(13-15-24)17-6-4-5-7-17/h8-11,16-17,20,22H,4-7,12-15H2,1-3H3/t20-/m0/s1. The van der Waals surface area contributed by atoms with Crippen LogP contribution in [0.3, 0.4) is 0 Å². The summed E-state index contributed by atoms with van der Waals surface area (Å²) in [5.74, 6) is 0.298. The smallest absolute Gasteiger partial charge is 0.241 e. The second-order valence-electron chi connectivity index (χ2n) is 8.32. The molecule has 1 aliphatic heterocycles. The molecule has 1 N–H and O–H groups in total. The number of nitrogens with one attached hydrogen (secondary N) is 1. The third-order valence-electron chi connectivity index (χ3n) is 6.05. The topological polar surface area (TPSA) is 78.9 Å². The summed E-state index contributed by atoms with van der Waals surface area (Å²) in [7, 11) is -2.27. The minimum absolute atomic E-state index is 0.128. The first-order valence-corrected chi connectivity index (χ1v) is 12.0. The maximum Gasteiger partial charge on any atom is 0.241 e. The molecule has 162 valence electrons. The largest absolute Gasteiger partial charge is 0.497 e. The van der Waals surface area contributed by atoms with Crippen LogP contribution >= 0.6 is 0 Å². The van der Waals surface area contributed by atoms with Crippen LogP contribution in [0.4, 0.5) is 0 Å². The molecule has 1 saturated heterocycles. The highest BCUT2D eigenvalue weighted by Gasteiger charge is 2.34. The zero-order valence-electron chi connectivity index (χ0n) is 17.6. The molecule has 3 rings (SSSR count). The summed E-state index contributed by atoms with van der Waals surface area (Å²) in [6.45, 7) is 6.78. The van der Waals surface area contributed by atoms with E-state index in [0.29, 0.717) is 24.9 Å². The van der Waals surface area contributed by atoms with E-state index in [-0.39, 0.29) is 16.7 Å². The first-order valence-electron chi connectivity index (χ1n) is 10.5. The number of hydrogen-bond acceptors (Lipinski definition) is 5. The molecule has 1 saturated carbocycles. The Morgan fingerprint density at radius 1 is 1.07 bits per heavy atom. The van der Waals surface area contributed by atoms with E-state index in [9.17, 15) is 13.2 Å². The molecule has 2 aliphatic rings. The summed E-state index contributed by atoms with van der Waals surface area (Å²) in [4.78, 5) is 17.6. The summed E-state index contributed by atoms with van der Waals surface area (Å²) in [5, 5.41) is 0. The molecule has 1 heterocycles. The van der Waals surface area contributed by atoms with Gasteiger partial charge < -0.3 is 9.64 Å². The molecule has 1 aromatic carbocycles. The van der Waals surface area contributed by atoms with Gasteiger partial charge in [-0.1, -0.05) is 26.7 Å². The molecule has 0 aromatic heterocycles. The first-order chi connectivity index (χ1) is 13.8. The number of nitrogens with zero attached hydrogens (tertiary/aromatic N) is 2. The highest BCUT2D eigenvalue weighted by Crippen LogP contribution is 2.25. The molecule has 0 unspecified atom stereocenters. The average molecular weight is 424 g/mol. The number of sulfonamides is 1. The molecule has 7 nitrogen and oxygen atoms in total. The van der Waals surface area contributed by atoms with Gasteiger partial charge in [0.2, 0.25) is 15.9 Å². The van der Waals surface area contributed by atoms with Crippen molar-refractivity contribution in [2.24, 2.45) is 5.92 Å². The predicted octanol–water partition coefficient (Wildman–Crippen LogP) is 2.08. The monoisotopic (exact) mass is 423 g/mol. The lowest BCUT2D eigenvalue weighted by molar-refractivity contribution is -0.136. The van der Waals surface area contributed by atoms with Gasteiger partial charge in [-0.3, -0.25) is 9.69 Å². The Morgan fingerprint density at radius 3 is 2.17 bits per heavy atom. The van der Waals surface area contributed by atoms with E-state index in [0.717, 1.165) is 13.1 Å². The van der Waals surface area contributed by atoms with Crippen molar-refractivity contribution < 1.29 is 17.9 Å². The van der Waals surface area contributed by atoms with Crippen molar-refractivity contribution in [1.82, 2.24) is 14.5 Å². The molecule has 0 spiro atoms. The van der Waals surface area contributed by atoms with Gasteiger partial charge >= 0.3 is 0 Å². The maximum absolute atomic E-state index is 13.1. The maximum atomic E-state index is 13.1. The molecule has 1 atom stereocenters. The average Bonchev–Trinajstić information content (AvgIpc) is 3.26. The van der Waals surface area contributed by atoms with Gasteiger partial charge in [0.15, 0.2) is 0 Å². The zero-order chi connectivity index (χ0) is 21.0. The third-order valence-corrected chi connectivity index (χ3v) is 7.51. The number of methoxy groups -OCH3 is 1. The van der Waals surface area contributed by atoms with Crippen LogP contribution in [0.25, 0.3) is 0 Å². The molecular formula is C21H33N3O4S. The van der Waals surface area contributed by atoms with Crippen LogP contribution < -0.4 is 9.46 Å². The number of hydrogen-bond donors (Lipinski definition) is 1. The molecule has 1 amide bonds. The third kappa shape index (κ3) is 5.29. The van der Waals surface area contributed by atoms with Gasteiger partial charge in [0.25, 0.3) is 0 Å². The molecular weight excluding hydrogens is 390 g/mol. The number of ether oxygens (including phenoxy) is 1. The van der Waals surface area contributed by atoms with Crippen LogP contribution in [0.1, 0.15) is 39.5 Å². The van der Waals surface area contributed by atoms with Crippen molar-refractivity contribution in [3.8, 4) is 5.75 Å². The van der Waals surface area contributed by atoms with Gasteiger partial charge in [-0.05, 0) is 43.0 Å². The van der Waals surface area contributed by atoms with Gasteiger partial charge in [0.1, 0.15) is 11.8 Å². The van der Waals surface area contributed by atoms with Crippen LogP contribution in [0.2, 0.25) is 0 Å². The quantitative estimate of drug-likeness (QED) is 0.727. The summed E-state index contributed by atoms with van der Waals surface area (Å²) in [6.07, 6.45) is 5.10. The van der Waals surface area contributed by atoms with Crippen LogP contribution in [0, 0.1) is 5.92 Å². The highest BCUT2D eigenvalue weighted by atomic mass is 32.2. The summed E-state index contributed by atoms with van der Waals surface area (Å²) >= 11 is 0. The number of amides is 1. The summed E-state index contributed by atoms with van der Waals surface area (Å²) in [6, 6.07) is 6.06. The zero-order valence-corrected chi connectivity index (χ0v) is 18.5. The number of benzene rings is 1. The van der Waals surface area contributed by atoms with Crippen molar-refractivity contribution >= 4 is 15.9 Å². The lowest BCUT2D eigenvalue weighted by Gasteiger charge is -2.39. The van der Waals surface area contributed by atoms with E-state index >= 15 is 0 Å². The van der Waals surface area contributed by atoms with E-state index in [4.69, 9.17) is 4.74 Å². The van der Waals surface area contributed by atoms with E-state index in [1.807, 2.05) is 18.7 Å². The minimum atomic E-state index is -3.80. The summed E-state index contributed by atoms with van der Waals surface area (Å²) < 4.78 is 33.4. The fraction of sp³-hybridized carbons (Fsp3) is 0.667. The molecule has 0 radical (unpaired) electrons. The van der Waals surface area contributed by atoms with Crippen molar-refractivity contribution in [3.63, 3.8) is 0 Å². The van der Waals surface area contributed by atoms with Gasteiger partial charge in [-0.15, -0.1) is 0 Å². The van der Waals surface area contributed by atoms with E-state index < -0.39 is 16.1 Å². The van der Waals surface area contributed by atoms with Crippen LogP contribution in [0.15, 0.2) is 29.2 Å². The molecule has 2 fully saturated rings. The number of piperazine rings is 1. The highest BCUT2D eigenvalue weighted by molar-refractivity contribution is 7.89. The van der Waals surface area contributed by atoms with Crippen molar-refractivity contribution in [3.05, 3.63) is 24.3 Å². The van der Waals surface area contributed by atoms with Crippen molar-refractivity contribution in [1.29, 1.82) is 0 Å². The molecule has 8 heteroatoms. The molecule has 29 heavy (non-hydrogen) atoms. The van der Waals surface area contributed by atoms with E-state index in [1.165, 1.54) is 44.9 Å². The van der Waals surface area contributed by atoms with Gasteiger partial charge in [-0.25, -0.2) is 8.42 Å². The Morgan fingerprint density at radius 2 is 1.66 bits per heavy atom. The molecule has 1 aromatic rings. The van der Waals surface area contributed by atoms with E-state index in [1.54, 1.807) is 12.1 Å². The predicted molar refractivity (Wildman–Crippen MR) is 112 cm³/mol. The number of carbonyl (C=O) groups excluding carboxylic acids is 1.